The average Bonchev–Trinajstić information content (AvgIpc) is 3.35. The Morgan fingerprint density at radius 3 is 1.75 bits per heavy atom. The van der Waals surface area contributed by atoms with Crippen molar-refractivity contribution in [2.45, 2.75) is 9.79 Å². The van der Waals surface area contributed by atoms with Crippen molar-refractivity contribution < 1.29 is 4.39 Å². The van der Waals surface area contributed by atoms with Gasteiger partial charge in [0.05, 0.1) is 5.69 Å². The summed E-state index contributed by atoms with van der Waals surface area (Å²) in [6.45, 7) is 0. The number of fused-ring (bicyclic) bond motifs is 4. The Balaban J connectivity index is 0.919. The van der Waals surface area contributed by atoms with Gasteiger partial charge in [-0.1, -0.05) is 163 Å². The molecule has 4 heteroatoms. The minimum Gasteiger partial charge on any atom is -0.310 e. The van der Waals surface area contributed by atoms with Gasteiger partial charge in [-0.25, -0.2) is 4.39 Å². The lowest BCUT2D eigenvalue weighted by Crippen LogP contribution is -2.11. The molecule has 0 spiro atoms. The van der Waals surface area contributed by atoms with Gasteiger partial charge in [-0.2, -0.15) is 0 Å². The van der Waals surface area contributed by atoms with Crippen LogP contribution in [0.25, 0.3) is 65.7 Å². The molecule has 1 heterocycles. The zero-order valence-electron chi connectivity index (χ0n) is 34.7. The van der Waals surface area contributed by atoms with Crippen molar-refractivity contribution in [3.63, 3.8) is 0 Å². The fourth-order valence-corrected chi connectivity index (χ4v) is 10.7. The van der Waals surface area contributed by atoms with Crippen molar-refractivity contribution in [2.75, 3.05) is 9.80 Å². The molecular formula is C60H39FN2S. The van der Waals surface area contributed by atoms with Gasteiger partial charge in [-0.15, -0.1) is 0 Å². The third kappa shape index (κ3) is 6.68. The fraction of sp³-hybridized carbons (Fsp3) is 0. The quantitative estimate of drug-likeness (QED) is 0.151. The van der Waals surface area contributed by atoms with Crippen molar-refractivity contribution in [1.82, 2.24) is 0 Å². The number of hydrogen-bond acceptors (Lipinski definition) is 3. The zero-order valence-corrected chi connectivity index (χ0v) is 35.5. The minimum atomic E-state index is -0.280. The summed E-state index contributed by atoms with van der Waals surface area (Å²) < 4.78 is 15.9. The minimum absolute atomic E-state index is 0.280. The summed E-state index contributed by atoms with van der Waals surface area (Å²) in [6, 6.07) is 82.8. The maximum absolute atomic E-state index is 15.9. The Morgan fingerprint density at radius 1 is 0.312 bits per heavy atom. The van der Waals surface area contributed by atoms with Crippen LogP contribution in [0.3, 0.4) is 0 Å². The van der Waals surface area contributed by atoms with Crippen LogP contribution in [0.5, 0.6) is 0 Å². The van der Waals surface area contributed by atoms with E-state index < -0.39 is 0 Å². The van der Waals surface area contributed by atoms with Crippen LogP contribution in [0, 0.1) is 5.82 Å². The molecule has 1 aliphatic heterocycles. The first kappa shape index (κ1) is 37.8. The number of rotatable bonds is 8. The predicted molar refractivity (Wildman–Crippen MR) is 269 cm³/mol. The van der Waals surface area contributed by atoms with Gasteiger partial charge in [-0.05, 0) is 140 Å². The average molecular weight is 839 g/mol. The van der Waals surface area contributed by atoms with Crippen molar-refractivity contribution >= 4 is 78.2 Å². The van der Waals surface area contributed by atoms with E-state index in [1.807, 2.05) is 48.2 Å². The lowest BCUT2D eigenvalue weighted by Gasteiger charge is -2.29. The number of para-hydroxylation sites is 2. The Kier molecular flexibility index (Phi) is 9.31. The van der Waals surface area contributed by atoms with Crippen LogP contribution in [0.15, 0.2) is 246 Å². The van der Waals surface area contributed by atoms with Crippen LogP contribution < -0.4 is 9.80 Å². The molecule has 0 bridgehead atoms. The molecule has 2 nitrogen and oxygen atoms in total. The number of hydrogen-bond donors (Lipinski definition) is 0. The molecule has 0 saturated carbocycles. The third-order valence-corrected chi connectivity index (χ3v) is 13.6. The van der Waals surface area contributed by atoms with Crippen LogP contribution in [0.2, 0.25) is 0 Å². The van der Waals surface area contributed by atoms with Crippen molar-refractivity contribution in [3.8, 4) is 33.4 Å². The summed E-state index contributed by atoms with van der Waals surface area (Å²) in [6.07, 6.45) is 0. The molecule has 0 radical (unpaired) electrons. The van der Waals surface area contributed by atoms with E-state index in [0.717, 1.165) is 67.0 Å². The van der Waals surface area contributed by atoms with E-state index in [1.54, 1.807) is 12.1 Å². The van der Waals surface area contributed by atoms with E-state index in [2.05, 4.69) is 198 Å². The SMILES string of the molecule is Fc1cc(-c2cccc3ccccc23)cc(N(c2ccccc2)c2ccc3c4c(cccc24)Sc2cc(-c4ccc(N(c5ccccc5)c5ccc6ccccc6c5)cc4)ccc2-3)c1. The van der Waals surface area contributed by atoms with Gasteiger partial charge in [0, 0.05) is 49.0 Å². The molecule has 64 heavy (non-hydrogen) atoms. The van der Waals surface area contributed by atoms with Crippen LogP contribution in [-0.2, 0) is 0 Å². The van der Waals surface area contributed by atoms with Crippen LogP contribution in [0.1, 0.15) is 0 Å². The van der Waals surface area contributed by atoms with Crippen LogP contribution in [0.4, 0.5) is 38.5 Å². The molecule has 0 amide bonds. The smallest absolute Gasteiger partial charge is 0.125 e. The van der Waals surface area contributed by atoms with Crippen LogP contribution in [-0.4, -0.2) is 0 Å². The summed E-state index contributed by atoms with van der Waals surface area (Å²) in [4.78, 5) is 6.95. The number of anilines is 6. The molecule has 0 saturated heterocycles. The number of nitrogens with zero attached hydrogens (tertiary/aromatic N) is 2. The second-order valence-electron chi connectivity index (χ2n) is 16.3. The number of benzene rings is 11. The normalized spacial score (nSPS) is 11.8. The van der Waals surface area contributed by atoms with Gasteiger partial charge < -0.3 is 9.80 Å². The summed E-state index contributed by atoms with van der Waals surface area (Å²) in [5, 5.41) is 6.97. The predicted octanol–water partition coefficient (Wildman–Crippen LogP) is 17.7. The maximum Gasteiger partial charge on any atom is 0.125 e. The van der Waals surface area contributed by atoms with Gasteiger partial charge >= 0.3 is 0 Å². The van der Waals surface area contributed by atoms with Gasteiger partial charge in [-0.3, -0.25) is 0 Å². The first-order valence-corrected chi connectivity index (χ1v) is 22.4. The third-order valence-electron chi connectivity index (χ3n) is 12.4. The summed E-state index contributed by atoms with van der Waals surface area (Å²) in [7, 11) is 0. The van der Waals surface area contributed by atoms with Crippen molar-refractivity contribution in [1.29, 1.82) is 0 Å². The van der Waals surface area contributed by atoms with Crippen molar-refractivity contribution in [3.05, 3.63) is 242 Å². The molecular weight excluding hydrogens is 800 g/mol. The lowest BCUT2D eigenvalue weighted by molar-refractivity contribution is 0.628. The fourth-order valence-electron chi connectivity index (χ4n) is 9.47. The molecule has 11 aromatic rings. The zero-order chi connectivity index (χ0) is 42.6. The molecule has 0 fully saturated rings. The number of halogens is 1. The largest absolute Gasteiger partial charge is 0.310 e. The van der Waals surface area contributed by atoms with E-state index in [4.69, 9.17) is 0 Å². The van der Waals surface area contributed by atoms with E-state index >= 15 is 4.39 Å². The van der Waals surface area contributed by atoms with Gasteiger partial charge in [0.2, 0.25) is 0 Å². The van der Waals surface area contributed by atoms with E-state index in [0.29, 0.717) is 0 Å². The Bertz CT molecular complexity index is 3550. The van der Waals surface area contributed by atoms with Crippen LogP contribution >= 0.6 is 11.8 Å². The summed E-state index contributed by atoms with van der Waals surface area (Å²) in [5.74, 6) is -0.280. The second kappa shape index (κ2) is 15.8. The highest BCUT2D eigenvalue weighted by molar-refractivity contribution is 7.99. The Labute approximate surface area is 376 Å². The molecule has 0 aromatic heterocycles. The molecule has 11 aromatic carbocycles. The van der Waals surface area contributed by atoms with E-state index in [9.17, 15) is 0 Å². The topological polar surface area (TPSA) is 6.48 Å². The maximum atomic E-state index is 15.9. The Hall–Kier alpha value is -7.92. The monoisotopic (exact) mass is 838 g/mol. The second-order valence-corrected chi connectivity index (χ2v) is 17.4. The van der Waals surface area contributed by atoms with Gasteiger partial charge in [0.1, 0.15) is 5.82 Å². The highest BCUT2D eigenvalue weighted by Crippen LogP contribution is 2.52. The van der Waals surface area contributed by atoms with Gasteiger partial charge in [0.25, 0.3) is 0 Å². The first-order chi connectivity index (χ1) is 31.6. The van der Waals surface area contributed by atoms with E-state index in [1.165, 1.54) is 42.6 Å². The highest BCUT2D eigenvalue weighted by Gasteiger charge is 2.25. The summed E-state index contributed by atoms with van der Waals surface area (Å²) in [5.41, 5.74) is 12.6. The molecule has 1 aliphatic rings. The Morgan fingerprint density at radius 2 is 0.938 bits per heavy atom. The first-order valence-electron chi connectivity index (χ1n) is 21.6. The molecule has 0 N–H and O–H groups in total. The van der Waals surface area contributed by atoms with E-state index in [-0.39, 0.29) is 5.82 Å². The molecule has 12 rings (SSSR count). The standard InChI is InChI=1S/C60H39FN2S/c61-46-35-45(53-22-11-16-42-14-9-10-21-52(42)53)37-51(39-46)63(48-19-5-2-6-20-48)57-34-33-55-54-32-28-44(38-59(54)64-58-24-12-23-56(57)60(55)58)41-25-29-49(30-26-41)62(47-17-3-1-4-18-47)50-31-27-40-13-7-8-15-43(40)36-50/h1-39H. The molecule has 0 unspecified atom stereocenters. The lowest BCUT2D eigenvalue weighted by atomic mass is 9.93. The molecule has 0 atom stereocenters. The van der Waals surface area contributed by atoms with Crippen molar-refractivity contribution in [2.24, 2.45) is 0 Å². The highest BCUT2D eigenvalue weighted by atomic mass is 32.2. The molecule has 0 aliphatic carbocycles. The van der Waals surface area contributed by atoms with Gasteiger partial charge in [0.15, 0.2) is 0 Å². The molecule has 302 valence electrons. The summed E-state index contributed by atoms with van der Waals surface area (Å²) >= 11 is 1.82.